The summed E-state index contributed by atoms with van der Waals surface area (Å²) < 4.78 is 19.4. The molecular weight excluding hydrogens is 347 g/mol. The van der Waals surface area contributed by atoms with E-state index < -0.39 is 5.60 Å². The number of fused-ring (bicyclic) bond motifs is 1. The highest BCUT2D eigenvalue weighted by atomic mass is 19.1. The molecule has 1 saturated carbocycles. The molecule has 1 aliphatic carbocycles. The number of hydrogen-bond donors (Lipinski definition) is 1. The Labute approximate surface area is 159 Å². The molecule has 0 bridgehead atoms. The van der Waals surface area contributed by atoms with Crippen LogP contribution in [0.3, 0.4) is 0 Å². The van der Waals surface area contributed by atoms with Gasteiger partial charge in [-0.05, 0) is 38.8 Å². The van der Waals surface area contributed by atoms with Gasteiger partial charge >= 0.3 is 6.09 Å². The molecule has 2 aliphatic heterocycles. The van der Waals surface area contributed by atoms with E-state index in [4.69, 9.17) is 4.74 Å². The third-order valence-corrected chi connectivity index (χ3v) is 5.27. The van der Waals surface area contributed by atoms with Gasteiger partial charge in [0.15, 0.2) is 5.96 Å². The lowest BCUT2D eigenvalue weighted by Gasteiger charge is -2.39. The van der Waals surface area contributed by atoms with Gasteiger partial charge in [-0.25, -0.2) is 9.18 Å². The van der Waals surface area contributed by atoms with Gasteiger partial charge in [0.2, 0.25) is 0 Å². The van der Waals surface area contributed by atoms with Gasteiger partial charge in [0.1, 0.15) is 11.4 Å². The highest BCUT2D eigenvalue weighted by Crippen LogP contribution is 2.42. The van der Waals surface area contributed by atoms with Crippen molar-refractivity contribution in [3.63, 3.8) is 0 Å². The van der Waals surface area contributed by atoms with Crippen molar-refractivity contribution in [2.75, 3.05) is 26.2 Å². The lowest BCUT2D eigenvalue weighted by Crippen LogP contribution is -2.57. The van der Waals surface area contributed by atoms with E-state index in [0.717, 1.165) is 24.5 Å². The quantitative estimate of drug-likeness (QED) is 0.864. The molecule has 0 spiro atoms. The fourth-order valence-electron chi connectivity index (χ4n) is 3.83. The van der Waals surface area contributed by atoms with E-state index in [1.807, 2.05) is 32.9 Å². The fraction of sp³-hybridized carbons (Fsp3) is 0.600. The van der Waals surface area contributed by atoms with E-state index in [1.165, 1.54) is 6.07 Å². The normalized spacial score (nSPS) is 27.1. The summed E-state index contributed by atoms with van der Waals surface area (Å²) in [6.45, 7) is 8.26. The molecule has 0 aromatic heterocycles. The molecule has 1 saturated heterocycles. The lowest BCUT2D eigenvalue weighted by molar-refractivity contribution is 0.0137. The molecule has 1 aromatic carbocycles. The zero-order valence-corrected chi connectivity index (χ0v) is 16.1. The van der Waals surface area contributed by atoms with E-state index in [9.17, 15) is 9.18 Å². The summed E-state index contributed by atoms with van der Waals surface area (Å²) in [5.41, 5.74) is 0.292. The van der Waals surface area contributed by atoms with Gasteiger partial charge in [-0.2, -0.15) is 0 Å². The van der Waals surface area contributed by atoms with Crippen molar-refractivity contribution in [2.24, 2.45) is 4.99 Å². The third-order valence-electron chi connectivity index (χ3n) is 5.27. The van der Waals surface area contributed by atoms with Gasteiger partial charge in [-0.15, -0.1) is 0 Å². The number of ether oxygens (including phenoxy) is 1. The molecular formula is C20H27FN4O2. The van der Waals surface area contributed by atoms with Crippen LogP contribution in [0.25, 0.3) is 0 Å². The number of amides is 1. The maximum absolute atomic E-state index is 14.0. The van der Waals surface area contributed by atoms with Gasteiger partial charge < -0.3 is 19.9 Å². The Morgan fingerprint density at radius 3 is 2.81 bits per heavy atom. The van der Waals surface area contributed by atoms with E-state index in [2.05, 4.69) is 15.2 Å². The molecule has 3 unspecified atom stereocenters. The SMILES string of the molecule is CC(C)(C)OC(=O)N1CCN2C(NC3CC3c3ccccc3F)=NCC2C1. The van der Waals surface area contributed by atoms with Crippen LogP contribution in [0.15, 0.2) is 29.3 Å². The summed E-state index contributed by atoms with van der Waals surface area (Å²) in [5, 5.41) is 3.48. The van der Waals surface area contributed by atoms with Gasteiger partial charge in [-0.3, -0.25) is 4.99 Å². The summed E-state index contributed by atoms with van der Waals surface area (Å²) >= 11 is 0. The maximum Gasteiger partial charge on any atom is 0.410 e. The number of guanidine groups is 1. The standard InChI is InChI=1S/C20H27FN4O2/c1-20(2,3)27-19(26)24-8-9-25-13(12-24)11-22-18(25)23-17-10-15(17)14-6-4-5-7-16(14)21/h4-7,13,15,17H,8-12H2,1-3H3,(H,22,23). The molecule has 1 amide bonds. The van der Waals surface area contributed by atoms with Crippen LogP contribution in [-0.4, -0.2) is 65.7 Å². The molecule has 3 atom stereocenters. The van der Waals surface area contributed by atoms with Crippen molar-refractivity contribution in [3.05, 3.63) is 35.6 Å². The molecule has 2 fully saturated rings. The van der Waals surface area contributed by atoms with Crippen molar-refractivity contribution in [1.82, 2.24) is 15.1 Å². The van der Waals surface area contributed by atoms with Crippen LogP contribution in [0.5, 0.6) is 0 Å². The number of carbonyl (C=O) groups is 1. The Morgan fingerprint density at radius 2 is 2.07 bits per heavy atom. The molecule has 1 N–H and O–H groups in total. The van der Waals surface area contributed by atoms with Crippen LogP contribution in [0.1, 0.15) is 38.7 Å². The van der Waals surface area contributed by atoms with Crippen LogP contribution >= 0.6 is 0 Å². The van der Waals surface area contributed by atoms with E-state index in [1.54, 1.807) is 11.0 Å². The second kappa shape index (κ2) is 6.69. The molecule has 0 radical (unpaired) electrons. The Morgan fingerprint density at radius 1 is 1.30 bits per heavy atom. The van der Waals surface area contributed by atoms with Gasteiger partial charge in [0, 0.05) is 31.6 Å². The number of piperazine rings is 1. The average molecular weight is 374 g/mol. The van der Waals surface area contributed by atoms with Gasteiger partial charge in [-0.1, -0.05) is 18.2 Å². The molecule has 27 heavy (non-hydrogen) atoms. The number of carbonyl (C=O) groups excluding carboxylic acids is 1. The Bertz CT molecular complexity index is 761. The minimum atomic E-state index is -0.485. The number of nitrogens with one attached hydrogen (secondary N) is 1. The third kappa shape index (κ3) is 3.87. The highest BCUT2D eigenvalue weighted by molar-refractivity contribution is 5.83. The van der Waals surface area contributed by atoms with E-state index in [0.29, 0.717) is 19.6 Å². The first-order chi connectivity index (χ1) is 12.8. The topological polar surface area (TPSA) is 57.2 Å². The predicted molar refractivity (Wildman–Crippen MR) is 101 cm³/mol. The summed E-state index contributed by atoms with van der Waals surface area (Å²) in [6.07, 6.45) is 0.660. The molecule has 3 aliphatic rings. The Hall–Kier alpha value is -2.31. The Kier molecular flexibility index (Phi) is 4.48. The smallest absolute Gasteiger partial charge is 0.410 e. The first-order valence-electron chi connectivity index (χ1n) is 9.62. The average Bonchev–Trinajstić information content (AvgIpc) is 3.24. The summed E-state index contributed by atoms with van der Waals surface area (Å²) in [5.74, 6) is 0.952. The maximum atomic E-state index is 14.0. The number of nitrogens with zero attached hydrogens (tertiary/aromatic N) is 3. The van der Waals surface area contributed by atoms with Crippen molar-refractivity contribution in [2.45, 2.75) is 50.8 Å². The Balaban J connectivity index is 1.31. The van der Waals surface area contributed by atoms with Gasteiger partial charge in [0.05, 0.1) is 12.6 Å². The summed E-state index contributed by atoms with van der Waals surface area (Å²) in [6, 6.07) is 7.39. The summed E-state index contributed by atoms with van der Waals surface area (Å²) in [4.78, 5) is 20.9. The molecule has 146 valence electrons. The summed E-state index contributed by atoms with van der Waals surface area (Å²) in [7, 11) is 0. The van der Waals surface area contributed by atoms with Crippen molar-refractivity contribution in [3.8, 4) is 0 Å². The zero-order chi connectivity index (χ0) is 19.2. The van der Waals surface area contributed by atoms with Crippen molar-refractivity contribution in [1.29, 1.82) is 0 Å². The minimum Gasteiger partial charge on any atom is -0.444 e. The lowest BCUT2D eigenvalue weighted by atomic mass is 10.1. The van der Waals surface area contributed by atoms with Crippen LogP contribution in [0, 0.1) is 5.82 Å². The molecule has 6 nitrogen and oxygen atoms in total. The van der Waals surface area contributed by atoms with E-state index in [-0.39, 0.29) is 29.9 Å². The minimum absolute atomic E-state index is 0.135. The van der Waals surface area contributed by atoms with Gasteiger partial charge in [0.25, 0.3) is 0 Å². The monoisotopic (exact) mass is 374 g/mol. The van der Waals surface area contributed by atoms with Crippen LogP contribution in [0.4, 0.5) is 9.18 Å². The largest absolute Gasteiger partial charge is 0.444 e. The first-order valence-corrected chi connectivity index (χ1v) is 9.62. The van der Waals surface area contributed by atoms with E-state index >= 15 is 0 Å². The molecule has 7 heteroatoms. The molecule has 2 heterocycles. The van der Waals surface area contributed by atoms with Crippen molar-refractivity contribution < 1.29 is 13.9 Å². The van der Waals surface area contributed by atoms with Crippen LogP contribution in [-0.2, 0) is 4.74 Å². The number of aliphatic imine (C=N–C) groups is 1. The number of halogens is 1. The molecule has 1 aromatic rings. The zero-order valence-electron chi connectivity index (χ0n) is 16.1. The fourth-order valence-corrected chi connectivity index (χ4v) is 3.83. The highest BCUT2D eigenvalue weighted by Gasteiger charge is 2.43. The first kappa shape index (κ1) is 18.1. The van der Waals surface area contributed by atoms with Crippen molar-refractivity contribution >= 4 is 12.1 Å². The van der Waals surface area contributed by atoms with Crippen LogP contribution in [0.2, 0.25) is 0 Å². The number of benzene rings is 1. The second-order valence-corrected chi connectivity index (χ2v) is 8.55. The van der Waals surface area contributed by atoms with Crippen LogP contribution < -0.4 is 5.32 Å². The number of hydrogen-bond acceptors (Lipinski definition) is 5. The predicted octanol–water partition coefficient (Wildman–Crippen LogP) is 2.56. The second-order valence-electron chi connectivity index (χ2n) is 8.55. The number of rotatable bonds is 2. The molecule has 4 rings (SSSR count).